The lowest BCUT2D eigenvalue weighted by atomic mass is 9.81. The number of para-hydroxylation sites is 1. The number of amides is 3. The van der Waals surface area contributed by atoms with Gasteiger partial charge in [-0.05, 0) is 92.6 Å². The average Bonchev–Trinajstić information content (AvgIpc) is 3.15. The maximum absolute atomic E-state index is 14.0. The Labute approximate surface area is 245 Å². The molecule has 0 saturated heterocycles. The summed E-state index contributed by atoms with van der Waals surface area (Å²) in [5, 5.41) is 5.92. The maximum Gasteiger partial charge on any atom is 0.268 e. The number of halogens is 1. The third kappa shape index (κ3) is 6.79. The largest absolute Gasteiger partial charge is 0.481 e. The van der Waals surface area contributed by atoms with Crippen LogP contribution in [0.25, 0.3) is 0 Å². The fraction of sp³-hybridized carbons (Fsp3) is 0.364. The summed E-state index contributed by atoms with van der Waals surface area (Å²) in [4.78, 5) is 41.8. The molecule has 3 aromatic rings. The van der Waals surface area contributed by atoms with E-state index in [1.807, 2.05) is 18.2 Å². The molecule has 1 fully saturated rings. The van der Waals surface area contributed by atoms with E-state index in [0.717, 1.165) is 25.7 Å². The Bertz CT molecular complexity index is 1420. The summed E-state index contributed by atoms with van der Waals surface area (Å²) in [5.74, 6) is 0.0311. The summed E-state index contributed by atoms with van der Waals surface area (Å²) in [6.45, 7) is 2.88. The Balaban J connectivity index is 1.43. The molecule has 3 aromatic carbocycles. The molecule has 1 heterocycles. The van der Waals surface area contributed by atoms with Crippen LogP contribution in [0, 0.1) is 17.7 Å². The van der Waals surface area contributed by atoms with Crippen molar-refractivity contribution in [3.63, 3.8) is 0 Å². The van der Waals surface area contributed by atoms with Gasteiger partial charge in [0, 0.05) is 12.1 Å². The van der Waals surface area contributed by atoms with E-state index in [9.17, 15) is 18.8 Å². The second-order valence-corrected chi connectivity index (χ2v) is 11.2. The zero-order valence-corrected chi connectivity index (χ0v) is 23.7. The highest BCUT2D eigenvalue weighted by Gasteiger charge is 2.36. The SMILES string of the molecule is CC(Oc1ccccc1)C(=O)N1c2ccc(C(=O)NCC3CCCC(CN)C3)cc2NC(=O)CC1c1ccc(F)cc1. The minimum atomic E-state index is -0.896. The van der Waals surface area contributed by atoms with Crippen molar-refractivity contribution < 1.29 is 23.5 Å². The fourth-order valence-electron chi connectivity index (χ4n) is 5.94. The highest BCUT2D eigenvalue weighted by molar-refractivity contribution is 6.07. The van der Waals surface area contributed by atoms with E-state index in [4.69, 9.17) is 10.5 Å². The zero-order chi connectivity index (χ0) is 29.6. The van der Waals surface area contributed by atoms with Crippen LogP contribution in [0.15, 0.2) is 72.8 Å². The van der Waals surface area contributed by atoms with E-state index in [-0.39, 0.29) is 24.1 Å². The summed E-state index contributed by atoms with van der Waals surface area (Å²) < 4.78 is 19.7. The third-order valence-electron chi connectivity index (χ3n) is 8.15. The molecule has 1 aliphatic carbocycles. The summed E-state index contributed by atoms with van der Waals surface area (Å²) in [7, 11) is 0. The number of benzene rings is 3. The molecule has 1 saturated carbocycles. The van der Waals surface area contributed by atoms with Crippen LogP contribution in [0.2, 0.25) is 0 Å². The number of rotatable bonds is 8. The molecule has 0 aromatic heterocycles. The quantitative estimate of drug-likeness (QED) is 0.343. The summed E-state index contributed by atoms with van der Waals surface area (Å²) in [6.07, 6.45) is 3.35. The van der Waals surface area contributed by atoms with Gasteiger partial charge >= 0.3 is 0 Å². The lowest BCUT2D eigenvalue weighted by Gasteiger charge is -2.33. The number of carbonyl (C=O) groups excluding carboxylic acids is 3. The van der Waals surface area contributed by atoms with Crippen LogP contribution in [0.5, 0.6) is 5.75 Å². The third-order valence-corrected chi connectivity index (χ3v) is 8.15. The minimum absolute atomic E-state index is 0.0599. The molecule has 42 heavy (non-hydrogen) atoms. The van der Waals surface area contributed by atoms with Gasteiger partial charge in [0.1, 0.15) is 11.6 Å². The molecular weight excluding hydrogens is 535 g/mol. The maximum atomic E-state index is 14.0. The van der Waals surface area contributed by atoms with E-state index in [0.29, 0.717) is 53.2 Å². The Hall–Kier alpha value is -4.24. The van der Waals surface area contributed by atoms with E-state index in [1.165, 1.54) is 17.0 Å². The highest BCUT2D eigenvalue weighted by atomic mass is 19.1. The molecule has 2 aliphatic rings. The Kier molecular flexibility index (Phi) is 9.17. The molecule has 3 amide bonds. The number of hydrogen-bond acceptors (Lipinski definition) is 5. The number of nitrogens with one attached hydrogen (secondary N) is 2. The zero-order valence-electron chi connectivity index (χ0n) is 23.7. The Morgan fingerprint density at radius 1 is 1.07 bits per heavy atom. The van der Waals surface area contributed by atoms with E-state index in [1.54, 1.807) is 49.4 Å². The first-order valence-electron chi connectivity index (χ1n) is 14.5. The number of nitrogens with zero attached hydrogens (tertiary/aromatic N) is 1. The second-order valence-electron chi connectivity index (χ2n) is 11.2. The topological polar surface area (TPSA) is 114 Å². The van der Waals surface area contributed by atoms with Crippen LogP contribution < -0.4 is 26.0 Å². The first kappa shape index (κ1) is 29.3. The number of anilines is 2. The molecule has 4 atom stereocenters. The summed E-state index contributed by atoms with van der Waals surface area (Å²) >= 11 is 0. The van der Waals surface area contributed by atoms with E-state index < -0.39 is 18.0 Å². The van der Waals surface area contributed by atoms with Gasteiger partial charge in [-0.15, -0.1) is 0 Å². The van der Waals surface area contributed by atoms with Crippen LogP contribution in [0.1, 0.15) is 61.0 Å². The standard InChI is InChI=1S/C33H37FN4O4/c1-21(42-27-8-3-2-4-9-27)33(41)38-29-15-12-25(32(40)36-20-23-7-5-6-22(16-23)19-35)17-28(29)37-31(39)18-30(38)24-10-13-26(34)14-11-24/h2-4,8-15,17,21-23,30H,5-7,16,18-20,35H2,1H3,(H,36,40)(H,37,39). The van der Waals surface area contributed by atoms with Gasteiger partial charge in [-0.1, -0.05) is 36.8 Å². The van der Waals surface area contributed by atoms with Crippen molar-refractivity contribution in [1.29, 1.82) is 0 Å². The molecule has 0 radical (unpaired) electrons. The highest BCUT2D eigenvalue weighted by Crippen LogP contribution is 2.39. The van der Waals surface area contributed by atoms with Crippen molar-refractivity contribution in [1.82, 2.24) is 5.32 Å². The molecule has 9 heteroatoms. The lowest BCUT2D eigenvalue weighted by Crippen LogP contribution is -2.43. The Morgan fingerprint density at radius 2 is 1.81 bits per heavy atom. The number of ether oxygens (including phenoxy) is 1. The average molecular weight is 573 g/mol. The molecule has 220 valence electrons. The van der Waals surface area contributed by atoms with Gasteiger partial charge < -0.3 is 21.1 Å². The number of nitrogens with two attached hydrogens (primary N) is 1. The Morgan fingerprint density at radius 3 is 2.55 bits per heavy atom. The molecule has 8 nitrogen and oxygen atoms in total. The number of fused-ring (bicyclic) bond motifs is 1. The van der Waals surface area contributed by atoms with Gasteiger partial charge in [-0.25, -0.2) is 4.39 Å². The summed E-state index contributed by atoms with van der Waals surface area (Å²) in [6, 6.07) is 19.0. The van der Waals surface area contributed by atoms with Crippen LogP contribution >= 0.6 is 0 Å². The van der Waals surface area contributed by atoms with Crippen molar-refractivity contribution in [3.8, 4) is 5.75 Å². The lowest BCUT2D eigenvalue weighted by molar-refractivity contribution is -0.125. The predicted octanol–water partition coefficient (Wildman–Crippen LogP) is 5.20. The molecule has 5 rings (SSSR count). The van der Waals surface area contributed by atoms with Crippen molar-refractivity contribution in [3.05, 3.63) is 89.7 Å². The molecular formula is C33H37FN4O4. The van der Waals surface area contributed by atoms with Gasteiger partial charge in [0.25, 0.3) is 11.8 Å². The van der Waals surface area contributed by atoms with Crippen LogP contribution in [0.4, 0.5) is 15.8 Å². The van der Waals surface area contributed by atoms with Gasteiger partial charge in [-0.2, -0.15) is 0 Å². The second kappa shape index (κ2) is 13.2. The normalized spacial score (nSPS) is 21.0. The first-order valence-corrected chi connectivity index (χ1v) is 14.5. The monoisotopic (exact) mass is 572 g/mol. The molecule has 4 N–H and O–H groups in total. The first-order chi connectivity index (χ1) is 20.3. The van der Waals surface area contributed by atoms with Gasteiger partial charge in [-0.3, -0.25) is 19.3 Å². The molecule has 1 aliphatic heterocycles. The minimum Gasteiger partial charge on any atom is -0.481 e. The smallest absolute Gasteiger partial charge is 0.268 e. The van der Waals surface area contributed by atoms with Crippen LogP contribution in [0.3, 0.4) is 0 Å². The number of carbonyl (C=O) groups is 3. The van der Waals surface area contributed by atoms with Crippen molar-refractivity contribution in [2.24, 2.45) is 17.6 Å². The van der Waals surface area contributed by atoms with Crippen molar-refractivity contribution in [2.75, 3.05) is 23.3 Å². The molecule has 0 bridgehead atoms. The molecule has 0 spiro atoms. The predicted molar refractivity (Wildman–Crippen MR) is 160 cm³/mol. The van der Waals surface area contributed by atoms with Crippen LogP contribution in [-0.4, -0.2) is 36.9 Å². The van der Waals surface area contributed by atoms with Crippen LogP contribution in [-0.2, 0) is 9.59 Å². The molecule has 4 unspecified atom stereocenters. The van der Waals surface area contributed by atoms with Gasteiger partial charge in [0.15, 0.2) is 6.10 Å². The summed E-state index contributed by atoms with van der Waals surface area (Å²) in [5.41, 5.74) is 7.62. The van der Waals surface area contributed by atoms with Crippen molar-refractivity contribution >= 4 is 29.1 Å². The van der Waals surface area contributed by atoms with E-state index in [2.05, 4.69) is 10.6 Å². The van der Waals surface area contributed by atoms with Crippen molar-refractivity contribution in [2.45, 2.75) is 51.2 Å². The number of hydrogen-bond donors (Lipinski definition) is 3. The fourth-order valence-corrected chi connectivity index (χ4v) is 5.94. The van der Waals surface area contributed by atoms with E-state index >= 15 is 0 Å². The van der Waals surface area contributed by atoms with Gasteiger partial charge in [0.2, 0.25) is 5.91 Å². The van der Waals surface area contributed by atoms with Gasteiger partial charge in [0.05, 0.1) is 23.8 Å².